The first kappa shape index (κ1) is 21.2. The Bertz CT molecular complexity index is 2370. The van der Waals surface area contributed by atoms with Crippen LogP contribution in [0.15, 0.2) is 128 Å². The summed E-state index contributed by atoms with van der Waals surface area (Å²) in [5, 5.41) is 4.63. The molecule has 186 valence electrons. The van der Waals surface area contributed by atoms with E-state index in [4.69, 9.17) is 8.83 Å². The minimum absolute atomic E-state index is 0.415. The van der Waals surface area contributed by atoms with E-state index in [1.807, 2.05) is 12.1 Å². The Morgan fingerprint density at radius 2 is 1.15 bits per heavy atom. The van der Waals surface area contributed by atoms with Crippen molar-refractivity contribution in [1.82, 2.24) is 0 Å². The molecule has 1 spiro atoms. The Balaban J connectivity index is 1.23. The first-order valence-electron chi connectivity index (χ1n) is 13.5. The van der Waals surface area contributed by atoms with Gasteiger partial charge in [0.1, 0.15) is 22.3 Å². The third-order valence-corrected chi connectivity index (χ3v) is 9.53. The van der Waals surface area contributed by atoms with E-state index in [-0.39, 0.29) is 0 Å². The molecule has 4 aliphatic rings. The summed E-state index contributed by atoms with van der Waals surface area (Å²) in [6.45, 7) is 0. The molecule has 40 heavy (non-hydrogen) atoms. The van der Waals surface area contributed by atoms with E-state index < -0.39 is 5.41 Å². The van der Waals surface area contributed by atoms with E-state index in [9.17, 15) is 0 Å². The highest BCUT2D eigenvalue weighted by molar-refractivity contribution is 9.11. The summed E-state index contributed by atoms with van der Waals surface area (Å²) in [5.41, 5.74) is 13.2. The van der Waals surface area contributed by atoms with Gasteiger partial charge in [-0.15, -0.1) is 0 Å². The van der Waals surface area contributed by atoms with Crippen LogP contribution in [0.5, 0.6) is 0 Å². The van der Waals surface area contributed by atoms with E-state index in [0.717, 1.165) is 59.5 Å². The molecule has 0 N–H and O–H groups in total. The minimum Gasteiger partial charge on any atom is -0.455 e. The van der Waals surface area contributed by atoms with Crippen molar-refractivity contribution in [2.75, 3.05) is 0 Å². The number of furan rings is 2. The highest BCUT2D eigenvalue weighted by Gasteiger charge is 2.45. The van der Waals surface area contributed by atoms with Crippen LogP contribution in [0.2, 0.25) is 0 Å². The average Bonchev–Trinajstić information content (AvgIpc) is 3.73. The van der Waals surface area contributed by atoms with Crippen molar-refractivity contribution >= 4 is 83.1 Å². The molecule has 10 rings (SSSR count). The largest absolute Gasteiger partial charge is 0.455 e. The standard InChI is InChI=1S/C37H19BrO2/c38-20-16-28-22-12-14-27-25-7-2-4-10-34(25)40-36(27)30(22)18-32(28)37(19-20)15-5-8-23-21-11-13-26-24-6-1-3-9-33(24)39-35(26)29(21)17-31(23)37/h1-19H. The second-order valence-electron chi connectivity index (χ2n) is 11.0. The number of benzene rings is 4. The first-order valence-corrected chi connectivity index (χ1v) is 14.3. The topological polar surface area (TPSA) is 26.3 Å². The Labute approximate surface area is 237 Å². The number of fused-ring (bicyclic) bond motifs is 16. The van der Waals surface area contributed by atoms with Crippen LogP contribution in [0.3, 0.4) is 0 Å². The van der Waals surface area contributed by atoms with Crippen molar-refractivity contribution < 1.29 is 8.83 Å². The molecule has 2 nitrogen and oxygen atoms in total. The zero-order valence-corrected chi connectivity index (χ0v) is 22.8. The Kier molecular flexibility index (Phi) is 3.78. The molecule has 0 amide bonds. The number of halogens is 1. The SMILES string of the molecule is BrC1=CC2(C=CC=C3C2=Cc2c3ccc3c2oc2ccccc23)C2=Cc3c(ccc4c3oc3ccccc34)C2=C1. The van der Waals surface area contributed by atoms with Gasteiger partial charge < -0.3 is 8.83 Å². The number of para-hydroxylation sites is 2. The second kappa shape index (κ2) is 7.12. The van der Waals surface area contributed by atoms with Gasteiger partial charge in [-0.05, 0) is 75.9 Å². The van der Waals surface area contributed by atoms with Crippen LogP contribution in [-0.4, -0.2) is 0 Å². The van der Waals surface area contributed by atoms with Crippen molar-refractivity contribution in [3.8, 4) is 0 Å². The molecule has 0 aliphatic heterocycles. The third kappa shape index (κ3) is 2.46. The number of allylic oxidation sites excluding steroid dienone is 10. The number of hydrogen-bond donors (Lipinski definition) is 0. The molecule has 1 unspecified atom stereocenters. The summed E-state index contributed by atoms with van der Waals surface area (Å²) in [5.74, 6) is 0. The first-order chi connectivity index (χ1) is 19.7. The quantitative estimate of drug-likeness (QED) is 0.180. The molecular formula is C37H19BrO2. The van der Waals surface area contributed by atoms with Gasteiger partial charge in [-0.25, -0.2) is 0 Å². The maximum absolute atomic E-state index is 6.46. The van der Waals surface area contributed by atoms with Gasteiger partial charge in [-0.3, -0.25) is 0 Å². The fourth-order valence-electron chi connectivity index (χ4n) is 7.35. The van der Waals surface area contributed by atoms with E-state index in [1.54, 1.807) is 0 Å². The van der Waals surface area contributed by atoms with Gasteiger partial charge >= 0.3 is 0 Å². The van der Waals surface area contributed by atoms with Gasteiger partial charge in [0.2, 0.25) is 0 Å². The maximum atomic E-state index is 6.46. The van der Waals surface area contributed by atoms with Crippen LogP contribution in [0.4, 0.5) is 0 Å². The molecule has 0 fully saturated rings. The van der Waals surface area contributed by atoms with Gasteiger partial charge in [0.25, 0.3) is 0 Å². The average molecular weight is 575 g/mol. The molecule has 2 aromatic heterocycles. The molecular weight excluding hydrogens is 556 g/mol. The Morgan fingerprint density at radius 3 is 1.80 bits per heavy atom. The van der Waals surface area contributed by atoms with Crippen molar-refractivity contribution in [3.63, 3.8) is 0 Å². The van der Waals surface area contributed by atoms with Crippen molar-refractivity contribution in [2.24, 2.45) is 5.41 Å². The molecule has 3 heteroatoms. The predicted molar refractivity (Wildman–Crippen MR) is 168 cm³/mol. The smallest absolute Gasteiger partial charge is 0.143 e. The number of rotatable bonds is 0. The molecule has 0 radical (unpaired) electrons. The van der Waals surface area contributed by atoms with Gasteiger partial charge in [0.15, 0.2) is 0 Å². The van der Waals surface area contributed by atoms with Gasteiger partial charge in [0.05, 0.1) is 5.41 Å². The van der Waals surface area contributed by atoms with Crippen molar-refractivity contribution in [1.29, 1.82) is 0 Å². The van der Waals surface area contributed by atoms with Crippen LogP contribution in [-0.2, 0) is 0 Å². The normalized spacial score (nSPS) is 20.4. The maximum Gasteiger partial charge on any atom is 0.143 e. The van der Waals surface area contributed by atoms with Gasteiger partial charge in [-0.2, -0.15) is 0 Å². The van der Waals surface area contributed by atoms with Gasteiger partial charge in [0, 0.05) is 37.2 Å². The van der Waals surface area contributed by atoms with Crippen LogP contribution < -0.4 is 0 Å². The Morgan fingerprint density at radius 1 is 0.575 bits per heavy atom. The van der Waals surface area contributed by atoms with Crippen LogP contribution in [0.25, 0.3) is 67.2 Å². The summed E-state index contributed by atoms with van der Waals surface area (Å²) in [6, 6.07) is 25.5. The fraction of sp³-hybridized carbons (Fsp3) is 0.0270. The Hall–Kier alpha value is -4.60. The fourth-order valence-corrected chi connectivity index (χ4v) is 7.94. The third-order valence-electron chi connectivity index (χ3n) is 9.07. The lowest BCUT2D eigenvalue weighted by Gasteiger charge is -2.37. The monoisotopic (exact) mass is 574 g/mol. The lowest BCUT2D eigenvalue weighted by molar-refractivity contribution is 0.667. The van der Waals surface area contributed by atoms with E-state index in [2.05, 4.69) is 119 Å². The highest BCUT2D eigenvalue weighted by atomic mass is 79.9. The molecule has 0 saturated heterocycles. The predicted octanol–water partition coefficient (Wildman–Crippen LogP) is 10.6. The summed E-state index contributed by atoms with van der Waals surface area (Å²) < 4.78 is 14.0. The summed E-state index contributed by atoms with van der Waals surface area (Å²) in [4.78, 5) is 0. The van der Waals surface area contributed by atoms with Crippen LogP contribution in [0.1, 0.15) is 22.3 Å². The molecule has 6 aromatic rings. The van der Waals surface area contributed by atoms with Crippen LogP contribution >= 0.6 is 15.9 Å². The molecule has 4 aromatic carbocycles. The van der Waals surface area contributed by atoms with E-state index in [1.165, 1.54) is 33.4 Å². The van der Waals surface area contributed by atoms with E-state index >= 15 is 0 Å². The van der Waals surface area contributed by atoms with E-state index in [0.29, 0.717) is 0 Å². The molecule has 1 atom stereocenters. The summed E-state index contributed by atoms with van der Waals surface area (Å²) in [6.07, 6.45) is 16.1. The lowest BCUT2D eigenvalue weighted by Crippen LogP contribution is -2.24. The zero-order valence-electron chi connectivity index (χ0n) is 21.2. The van der Waals surface area contributed by atoms with Crippen LogP contribution in [0, 0.1) is 5.41 Å². The molecule has 0 saturated carbocycles. The molecule has 0 bridgehead atoms. The summed E-state index contributed by atoms with van der Waals surface area (Å²) in [7, 11) is 0. The summed E-state index contributed by atoms with van der Waals surface area (Å²) >= 11 is 3.90. The van der Waals surface area contributed by atoms with Crippen molar-refractivity contribution in [2.45, 2.75) is 0 Å². The van der Waals surface area contributed by atoms with Crippen molar-refractivity contribution in [3.05, 3.63) is 141 Å². The van der Waals surface area contributed by atoms with Gasteiger partial charge in [-0.1, -0.05) is 88.8 Å². The lowest BCUT2D eigenvalue weighted by atomic mass is 9.65. The highest BCUT2D eigenvalue weighted by Crippen LogP contribution is 2.61. The zero-order chi connectivity index (χ0) is 26.2. The minimum atomic E-state index is -0.415. The number of hydrogen-bond acceptors (Lipinski definition) is 2. The second-order valence-corrected chi connectivity index (χ2v) is 11.9. The molecule has 2 heterocycles. The molecule has 4 aliphatic carbocycles.